The van der Waals surface area contributed by atoms with Crippen molar-refractivity contribution in [1.29, 1.82) is 0 Å². The summed E-state index contributed by atoms with van der Waals surface area (Å²) < 4.78 is 7.57. The van der Waals surface area contributed by atoms with Crippen LogP contribution in [-0.4, -0.2) is 45.1 Å². The van der Waals surface area contributed by atoms with E-state index in [9.17, 15) is 0 Å². The number of nitrogens with zero attached hydrogens (tertiary/aromatic N) is 5. The van der Waals surface area contributed by atoms with E-state index in [2.05, 4.69) is 59.4 Å². The number of benzene rings is 1. The number of H-pyrrole nitrogens is 1. The Hall–Kier alpha value is -3.19. The maximum absolute atomic E-state index is 5.59. The molecule has 1 fully saturated rings. The largest absolute Gasteiger partial charge is 0.381 e. The average molecular weight is 403 g/mol. The summed E-state index contributed by atoms with van der Waals surface area (Å²) in [4.78, 5) is 7.28. The second-order valence-electron chi connectivity index (χ2n) is 7.95. The van der Waals surface area contributed by atoms with Gasteiger partial charge in [-0.05, 0) is 31.2 Å². The van der Waals surface area contributed by atoms with Gasteiger partial charge in [0.15, 0.2) is 5.65 Å². The van der Waals surface area contributed by atoms with Gasteiger partial charge >= 0.3 is 0 Å². The summed E-state index contributed by atoms with van der Waals surface area (Å²) in [6.45, 7) is 4.47. The van der Waals surface area contributed by atoms with E-state index in [1.54, 1.807) is 0 Å². The summed E-state index contributed by atoms with van der Waals surface area (Å²) >= 11 is 0. The highest BCUT2D eigenvalue weighted by Gasteiger charge is 2.25. The maximum Gasteiger partial charge on any atom is 0.161 e. The molecule has 0 unspecified atom stereocenters. The van der Waals surface area contributed by atoms with Crippen molar-refractivity contribution in [2.24, 2.45) is 0 Å². The fourth-order valence-corrected chi connectivity index (χ4v) is 4.32. The summed E-state index contributed by atoms with van der Waals surface area (Å²) in [6, 6.07) is 12.6. The molecular formula is C23H26N6O. The molecule has 30 heavy (non-hydrogen) atoms. The highest BCUT2D eigenvalue weighted by molar-refractivity contribution is 5.69. The number of aromatic amines is 1. The monoisotopic (exact) mass is 402 g/mol. The Labute approximate surface area is 175 Å². The van der Waals surface area contributed by atoms with E-state index in [-0.39, 0.29) is 0 Å². The number of anilines is 1. The number of nitrogens with one attached hydrogen (secondary N) is 1. The number of hydrogen-bond donors (Lipinski definition) is 1. The highest BCUT2D eigenvalue weighted by atomic mass is 16.5. The average Bonchev–Trinajstić information content (AvgIpc) is 3.41. The minimum atomic E-state index is 0.427. The predicted octanol–water partition coefficient (Wildman–Crippen LogP) is 3.96. The number of ether oxygens (including phenoxy) is 1. The first kappa shape index (κ1) is 18.8. The van der Waals surface area contributed by atoms with Crippen LogP contribution in [0.15, 0.2) is 48.8 Å². The van der Waals surface area contributed by atoms with Gasteiger partial charge in [0.05, 0.1) is 17.6 Å². The van der Waals surface area contributed by atoms with Crippen molar-refractivity contribution in [2.75, 3.05) is 25.2 Å². The second kappa shape index (κ2) is 7.91. The van der Waals surface area contributed by atoms with Crippen LogP contribution in [0, 0.1) is 6.92 Å². The van der Waals surface area contributed by atoms with Crippen LogP contribution in [0.1, 0.15) is 35.6 Å². The maximum atomic E-state index is 5.59. The van der Waals surface area contributed by atoms with Gasteiger partial charge in [-0.3, -0.25) is 5.10 Å². The van der Waals surface area contributed by atoms with Gasteiger partial charge in [-0.2, -0.15) is 10.2 Å². The Morgan fingerprint density at radius 1 is 1.20 bits per heavy atom. The van der Waals surface area contributed by atoms with Gasteiger partial charge in [0.2, 0.25) is 0 Å². The lowest BCUT2D eigenvalue weighted by Gasteiger charge is -2.23. The standard InChI is InChI=1S/C23H26N6O/c1-16-22(18-8-10-30-11-9-18)23-26-21(28(2)15-17-6-4-3-5-7-17)12-20(29(23)27-16)19-13-24-25-14-19/h3-7,12-14,18H,8-11,15H2,1-2H3,(H,24,25). The molecule has 4 aromatic rings. The van der Waals surface area contributed by atoms with Gasteiger partial charge in [0.1, 0.15) is 5.82 Å². The molecule has 154 valence electrons. The molecule has 0 amide bonds. The topological polar surface area (TPSA) is 71.3 Å². The van der Waals surface area contributed by atoms with Gasteiger partial charge < -0.3 is 9.64 Å². The van der Waals surface area contributed by atoms with Crippen LogP contribution in [0.3, 0.4) is 0 Å². The molecule has 4 heterocycles. The molecule has 1 saturated heterocycles. The first-order chi connectivity index (χ1) is 14.7. The van der Waals surface area contributed by atoms with Crippen molar-refractivity contribution in [3.8, 4) is 11.3 Å². The molecule has 0 bridgehead atoms. The van der Waals surface area contributed by atoms with Gasteiger partial charge in [0, 0.05) is 50.2 Å². The van der Waals surface area contributed by atoms with E-state index in [1.165, 1.54) is 11.1 Å². The molecule has 0 spiro atoms. The third-order valence-electron chi connectivity index (χ3n) is 5.87. The minimum absolute atomic E-state index is 0.427. The Kier molecular flexibility index (Phi) is 4.96. The van der Waals surface area contributed by atoms with Gasteiger partial charge in [-0.1, -0.05) is 30.3 Å². The van der Waals surface area contributed by atoms with Crippen LogP contribution in [0.5, 0.6) is 0 Å². The number of aryl methyl sites for hydroxylation is 1. The zero-order valence-corrected chi connectivity index (χ0v) is 17.4. The van der Waals surface area contributed by atoms with Gasteiger partial charge in [0.25, 0.3) is 0 Å². The van der Waals surface area contributed by atoms with Gasteiger partial charge in [-0.25, -0.2) is 9.50 Å². The summed E-state index contributed by atoms with van der Waals surface area (Å²) in [5.41, 5.74) is 6.47. The summed E-state index contributed by atoms with van der Waals surface area (Å²) in [5, 5.41) is 12.0. The SMILES string of the molecule is Cc1nn2c(-c3cn[nH]c3)cc(N(C)Cc3ccccc3)nc2c1C1CCOCC1. The summed E-state index contributed by atoms with van der Waals surface area (Å²) in [5.74, 6) is 1.35. The van der Waals surface area contributed by atoms with Crippen LogP contribution >= 0.6 is 0 Å². The number of fused-ring (bicyclic) bond motifs is 1. The Bertz CT molecular complexity index is 1130. The van der Waals surface area contributed by atoms with Crippen LogP contribution in [-0.2, 0) is 11.3 Å². The quantitative estimate of drug-likeness (QED) is 0.547. The molecule has 0 radical (unpaired) electrons. The number of aromatic nitrogens is 5. The Morgan fingerprint density at radius 2 is 2.00 bits per heavy atom. The zero-order chi connectivity index (χ0) is 20.5. The Morgan fingerprint density at radius 3 is 2.73 bits per heavy atom. The Balaban J connectivity index is 1.64. The van der Waals surface area contributed by atoms with Crippen molar-refractivity contribution < 1.29 is 4.74 Å². The minimum Gasteiger partial charge on any atom is -0.381 e. The molecule has 0 atom stereocenters. The lowest BCUT2D eigenvalue weighted by Crippen LogP contribution is -2.19. The van der Waals surface area contributed by atoms with E-state index in [0.717, 1.165) is 61.0 Å². The number of rotatable bonds is 5. The first-order valence-corrected chi connectivity index (χ1v) is 10.4. The zero-order valence-electron chi connectivity index (χ0n) is 17.4. The first-order valence-electron chi connectivity index (χ1n) is 10.4. The molecule has 3 aromatic heterocycles. The van der Waals surface area contributed by atoms with Crippen LogP contribution in [0.25, 0.3) is 16.9 Å². The van der Waals surface area contributed by atoms with E-state index < -0.39 is 0 Å². The highest BCUT2D eigenvalue weighted by Crippen LogP contribution is 2.34. The molecule has 7 heteroatoms. The van der Waals surface area contributed by atoms with Crippen molar-refractivity contribution in [2.45, 2.75) is 32.2 Å². The fourth-order valence-electron chi connectivity index (χ4n) is 4.32. The van der Waals surface area contributed by atoms with Crippen LogP contribution in [0.4, 0.5) is 5.82 Å². The van der Waals surface area contributed by atoms with Crippen LogP contribution in [0.2, 0.25) is 0 Å². The normalized spacial score (nSPS) is 15.0. The van der Waals surface area contributed by atoms with Crippen LogP contribution < -0.4 is 4.90 Å². The molecule has 7 nitrogen and oxygen atoms in total. The van der Waals surface area contributed by atoms with E-state index in [4.69, 9.17) is 14.8 Å². The van der Waals surface area contributed by atoms with Crippen molar-refractivity contribution in [3.63, 3.8) is 0 Å². The van der Waals surface area contributed by atoms with Crippen molar-refractivity contribution >= 4 is 11.5 Å². The van der Waals surface area contributed by atoms with Crippen molar-refractivity contribution in [3.05, 3.63) is 65.6 Å². The fraction of sp³-hybridized carbons (Fsp3) is 0.348. The lowest BCUT2D eigenvalue weighted by atomic mass is 9.92. The smallest absolute Gasteiger partial charge is 0.161 e. The molecule has 1 N–H and O–H groups in total. The van der Waals surface area contributed by atoms with E-state index >= 15 is 0 Å². The van der Waals surface area contributed by atoms with Crippen molar-refractivity contribution in [1.82, 2.24) is 24.8 Å². The van der Waals surface area contributed by atoms with E-state index in [0.29, 0.717) is 5.92 Å². The molecule has 1 aliphatic rings. The molecule has 0 aliphatic carbocycles. The lowest BCUT2D eigenvalue weighted by molar-refractivity contribution is 0.0854. The van der Waals surface area contributed by atoms with Gasteiger partial charge in [-0.15, -0.1) is 0 Å². The second-order valence-corrected chi connectivity index (χ2v) is 7.95. The summed E-state index contributed by atoms with van der Waals surface area (Å²) in [6.07, 6.45) is 5.76. The summed E-state index contributed by atoms with van der Waals surface area (Å²) in [7, 11) is 2.09. The molecule has 1 aromatic carbocycles. The number of hydrogen-bond acceptors (Lipinski definition) is 5. The molecule has 0 saturated carbocycles. The molecule has 5 rings (SSSR count). The predicted molar refractivity (Wildman–Crippen MR) is 117 cm³/mol. The third-order valence-corrected chi connectivity index (χ3v) is 5.87. The molecular weight excluding hydrogens is 376 g/mol. The third kappa shape index (κ3) is 3.45. The van der Waals surface area contributed by atoms with E-state index in [1.807, 2.05) is 23.0 Å². The molecule has 1 aliphatic heterocycles.